The van der Waals surface area contributed by atoms with E-state index in [1.165, 1.54) is 25.1 Å². The first kappa shape index (κ1) is 11.3. The fourth-order valence-corrected chi connectivity index (χ4v) is 1.17. The topological polar surface area (TPSA) is 70.3 Å². The highest BCUT2D eigenvalue weighted by molar-refractivity contribution is 6.30. The highest BCUT2D eigenvalue weighted by Gasteiger charge is 2.13. The molecule has 0 aromatic heterocycles. The number of nitrogens with zero attached hydrogens (tertiary/aromatic N) is 1. The third kappa shape index (κ3) is 3.15. The van der Waals surface area contributed by atoms with Gasteiger partial charge in [-0.25, -0.2) is 4.79 Å². The Morgan fingerprint density at radius 3 is 2.80 bits per heavy atom. The SMILES string of the molecule is CC(Oc1cc(Cl)cc(C#N)c1)C(=O)O. The Labute approximate surface area is 91.7 Å². The molecule has 0 saturated carbocycles. The second-order valence-corrected chi connectivity index (χ2v) is 3.32. The molecule has 0 fully saturated rings. The number of hydrogen-bond donors (Lipinski definition) is 1. The number of hydrogen-bond acceptors (Lipinski definition) is 3. The molecule has 15 heavy (non-hydrogen) atoms. The van der Waals surface area contributed by atoms with E-state index < -0.39 is 12.1 Å². The van der Waals surface area contributed by atoms with Crippen molar-refractivity contribution in [3.8, 4) is 11.8 Å². The fraction of sp³-hybridized carbons (Fsp3) is 0.200. The van der Waals surface area contributed by atoms with Gasteiger partial charge in [0.25, 0.3) is 0 Å². The molecular formula is C10H8ClNO3. The van der Waals surface area contributed by atoms with Crippen LogP contribution in [0.5, 0.6) is 5.75 Å². The number of carboxylic acids is 1. The van der Waals surface area contributed by atoms with Gasteiger partial charge in [0.2, 0.25) is 0 Å². The van der Waals surface area contributed by atoms with Crippen LogP contribution in [0.2, 0.25) is 5.02 Å². The highest BCUT2D eigenvalue weighted by atomic mass is 35.5. The van der Waals surface area contributed by atoms with Gasteiger partial charge in [-0.15, -0.1) is 0 Å². The zero-order chi connectivity index (χ0) is 11.4. The van der Waals surface area contributed by atoms with Crippen LogP contribution in [-0.2, 0) is 4.79 Å². The smallest absolute Gasteiger partial charge is 0.344 e. The maximum Gasteiger partial charge on any atom is 0.344 e. The molecule has 78 valence electrons. The van der Waals surface area contributed by atoms with E-state index in [0.717, 1.165) is 0 Å². The maximum absolute atomic E-state index is 10.5. The van der Waals surface area contributed by atoms with Crippen LogP contribution in [0.15, 0.2) is 18.2 Å². The summed E-state index contributed by atoms with van der Waals surface area (Å²) in [5, 5.41) is 17.6. The van der Waals surface area contributed by atoms with Crippen molar-refractivity contribution in [1.29, 1.82) is 5.26 Å². The highest BCUT2D eigenvalue weighted by Crippen LogP contribution is 2.21. The second-order valence-electron chi connectivity index (χ2n) is 2.89. The van der Waals surface area contributed by atoms with Crippen molar-refractivity contribution in [3.05, 3.63) is 28.8 Å². The zero-order valence-corrected chi connectivity index (χ0v) is 8.65. The van der Waals surface area contributed by atoms with Gasteiger partial charge in [-0.05, 0) is 25.1 Å². The summed E-state index contributed by atoms with van der Waals surface area (Å²) in [6.45, 7) is 1.40. The predicted molar refractivity (Wildman–Crippen MR) is 53.9 cm³/mol. The van der Waals surface area contributed by atoms with Crippen molar-refractivity contribution >= 4 is 17.6 Å². The summed E-state index contributed by atoms with van der Waals surface area (Å²) in [5.74, 6) is -0.803. The maximum atomic E-state index is 10.5. The number of benzene rings is 1. The molecule has 0 heterocycles. The minimum absolute atomic E-state index is 0.272. The molecule has 0 aliphatic rings. The Balaban J connectivity index is 2.91. The average Bonchev–Trinajstić information content (AvgIpc) is 2.16. The van der Waals surface area contributed by atoms with Crippen molar-refractivity contribution in [2.45, 2.75) is 13.0 Å². The van der Waals surface area contributed by atoms with Crippen LogP contribution in [0.4, 0.5) is 0 Å². The molecule has 1 aromatic rings. The van der Waals surface area contributed by atoms with Gasteiger partial charge in [0, 0.05) is 5.02 Å². The number of halogens is 1. The van der Waals surface area contributed by atoms with E-state index in [2.05, 4.69) is 0 Å². The van der Waals surface area contributed by atoms with E-state index in [1.54, 1.807) is 0 Å². The molecule has 1 rings (SSSR count). The lowest BCUT2D eigenvalue weighted by atomic mass is 10.2. The Morgan fingerprint density at radius 2 is 2.27 bits per heavy atom. The summed E-state index contributed by atoms with van der Waals surface area (Å²) in [7, 11) is 0. The Bertz CT molecular complexity index is 425. The van der Waals surface area contributed by atoms with E-state index in [4.69, 9.17) is 26.7 Å². The fourth-order valence-electron chi connectivity index (χ4n) is 0.950. The minimum atomic E-state index is -1.08. The monoisotopic (exact) mass is 225 g/mol. The van der Waals surface area contributed by atoms with Crippen molar-refractivity contribution in [1.82, 2.24) is 0 Å². The largest absolute Gasteiger partial charge is 0.479 e. The molecule has 1 unspecified atom stereocenters. The summed E-state index contributed by atoms with van der Waals surface area (Å²) < 4.78 is 5.06. The first-order valence-corrected chi connectivity index (χ1v) is 4.51. The van der Waals surface area contributed by atoms with Crippen molar-refractivity contribution < 1.29 is 14.6 Å². The number of carbonyl (C=O) groups is 1. The van der Waals surface area contributed by atoms with Crippen LogP contribution in [0.3, 0.4) is 0 Å². The summed E-state index contributed by atoms with van der Waals surface area (Å²) in [6, 6.07) is 6.27. The van der Waals surface area contributed by atoms with Crippen LogP contribution in [0, 0.1) is 11.3 Å². The average molecular weight is 226 g/mol. The summed E-state index contributed by atoms with van der Waals surface area (Å²) in [5.41, 5.74) is 0.329. The van der Waals surface area contributed by atoms with Gasteiger partial charge in [-0.3, -0.25) is 0 Å². The van der Waals surface area contributed by atoms with Gasteiger partial charge < -0.3 is 9.84 Å². The standard InChI is InChI=1S/C10H8ClNO3/c1-6(10(13)14)15-9-3-7(5-12)2-8(11)4-9/h2-4,6H,1H3,(H,13,14). The van der Waals surface area contributed by atoms with E-state index in [0.29, 0.717) is 10.6 Å². The molecule has 0 aliphatic carbocycles. The molecule has 0 aliphatic heterocycles. The van der Waals surface area contributed by atoms with Gasteiger partial charge in [0.15, 0.2) is 6.10 Å². The summed E-state index contributed by atoms with van der Waals surface area (Å²) in [6.07, 6.45) is -0.977. The quantitative estimate of drug-likeness (QED) is 0.855. The third-order valence-corrected chi connectivity index (χ3v) is 1.88. The van der Waals surface area contributed by atoms with Crippen molar-refractivity contribution in [3.63, 3.8) is 0 Å². The molecule has 0 spiro atoms. The van der Waals surface area contributed by atoms with Crippen LogP contribution in [0.25, 0.3) is 0 Å². The Morgan fingerprint density at radius 1 is 1.60 bits per heavy atom. The van der Waals surface area contributed by atoms with Gasteiger partial charge in [-0.1, -0.05) is 11.6 Å². The number of ether oxygens (including phenoxy) is 1. The van der Waals surface area contributed by atoms with Crippen LogP contribution >= 0.6 is 11.6 Å². The third-order valence-electron chi connectivity index (χ3n) is 1.66. The molecule has 1 N–H and O–H groups in total. The summed E-state index contributed by atoms with van der Waals surface area (Å²) in [4.78, 5) is 10.5. The summed E-state index contributed by atoms with van der Waals surface area (Å²) >= 11 is 5.71. The molecular weight excluding hydrogens is 218 g/mol. The van der Waals surface area contributed by atoms with Crippen LogP contribution < -0.4 is 4.74 Å². The molecule has 1 aromatic carbocycles. The lowest BCUT2D eigenvalue weighted by Crippen LogP contribution is -2.22. The van der Waals surface area contributed by atoms with E-state index >= 15 is 0 Å². The molecule has 0 saturated heterocycles. The Kier molecular flexibility index (Phi) is 3.53. The van der Waals surface area contributed by atoms with Crippen LogP contribution in [-0.4, -0.2) is 17.2 Å². The van der Waals surface area contributed by atoms with Crippen molar-refractivity contribution in [2.24, 2.45) is 0 Å². The van der Waals surface area contributed by atoms with Gasteiger partial charge in [0.05, 0.1) is 11.6 Å². The Hall–Kier alpha value is -1.73. The number of aliphatic carboxylic acids is 1. The molecule has 5 heteroatoms. The first-order valence-electron chi connectivity index (χ1n) is 4.13. The molecule has 4 nitrogen and oxygen atoms in total. The number of rotatable bonds is 3. The predicted octanol–water partition coefficient (Wildman–Crippen LogP) is 2.06. The van der Waals surface area contributed by atoms with E-state index in [1.807, 2.05) is 6.07 Å². The number of nitriles is 1. The molecule has 0 bridgehead atoms. The molecule has 0 radical (unpaired) electrons. The van der Waals surface area contributed by atoms with Crippen LogP contribution in [0.1, 0.15) is 12.5 Å². The van der Waals surface area contributed by atoms with Crippen molar-refractivity contribution in [2.75, 3.05) is 0 Å². The van der Waals surface area contributed by atoms with Gasteiger partial charge in [0.1, 0.15) is 5.75 Å². The normalized spacial score (nSPS) is 11.5. The number of carboxylic acid groups (broad SMARTS) is 1. The van der Waals surface area contributed by atoms with E-state index in [9.17, 15) is 4.79 Å². The first-order chi connectivity index (χ1) is 7.02. The lowest BCUT2D eigenvalue weighted by Gasteiger charge is -2.10. The van der Waals surface area contributed by atoms with E-state index in [-0.39, 0.29) is 5.75 Å². The lowest BCUT2D eigenvalue weighted by molar-refractivity contribution is -0.144. The molecule has 1 atom stereocenters. The zero-order valence-electron chi connectivity index (χ0n) is 7.90. The molecule has 0 amide bonds. The van der Waals surface area contributed by atoms with Gasteiger partial charge in [-0.2, -0.15) is 5.26 Å². The second kappa shape index (κ2) is 4.67. The minimum Gasteiger partial charge on any atom is -0.479 e. The van der Waals surface area contributed by atoms with Gasteiger partial charge >= 0.3 is 5.97 Å².